The number of nitrogens with zero attached hydrogens (tertiary/aromatic N) is 4. The van der Waals surface area contributed by atoms with E-state index >= 15 is 0 Å². The molecule has 1 aromatic rings. The maximum atomic E-state index is 12.6. The van der Waals surface area contributed by atoms with Crippen LogP contribution in [0.2, 0.25) is 0 Å². The van der Waals surface area contributed by atoms with Crippen molar-refractivity contribution in [1.29, 1.82) is 0 Å². The number of hydrogen-bond acceptors (Lipinski definition) is 6. The molecule has 2 aliphatic heterocycles. The SMILES string of the molecule is CC1(C)CN=C(N2CCN(C(=O)c3cccc([N+](=O)[O-])c3)CC2)S1. The molecule has 0 atom stereocenters. The summed E-state index contributed by atoms with van der Waals surface area (Å²) in [5.41, 5.74) is 0.310. The quantitative estimate of drug-likeness (QED) is 0.605. The smallest absolute Gasteiger partial charge is 0.270 e. The molecule has 1 aromatic carbocycles. The second-order valence-electron chi connectivity index (χ2n) is 6.55. The number of carbonyl (C=O) groups excluding carboxylic acids is 1. The number of nitro groups is 1. The summed E-state index contributed by atoms with van der Waals surface area (Å²) in [6, 6.07) is 5.91. The standard InChI is InChI=1S/C16H20N4O3S/c1-16(2)11-17-15(24-16)19-8-6-18(7-9-19)14(21)12-4-3-5-13(10-12)20(22)23/h3-5,10H,6-9,11H2,1-2H3. The van der Waals surface area contributed by atoms with Crippen molar-refractivity contribution in [2.24, 2.45) is 4.99 Å². The number of aliphatic imine (C=N–C) groups is 1. The first-order chi connectivity index (χ1) is 11.4. The molecule has 2 heterocycles. The maximum Gasteiger partial charge on any atom is 0.270 e. The Hall–Kier alpha value is -2.09. The molecule has 8 heteroatoms. The fraction of sp³-hybridized carbons (Fsp3) is 0.500. The van der Waals surface area contributed by atoms with Crippen LogP contribution in [-0.4, -0.2) is 63.3 Å². The third-order valence-corrected chi connectivity index (χ3v) is 5.36. The van der Waals surface area contributed by atoms with Crippen LogP contribution >= 0.6 is 11.8 Å². The van der Waals surface area contributed by atoms with Gasteiger partial charge in [0.1, 0.15) is 0 Å². The highest BCUT2D eigenvalue weighted by molar-refractivity contribution is 8.15. The zero-order chi connectivity index (χ0) is 17.3. The largest absolute Gasteiger partial charge is 0.348 e. The van der Waals surface area contributed by atoms with Crippen LogP contribution in [-0.2, 0) is 0 Å². The van der Waals surface area contributed by atoms with E-state index < -0.39 is 4.92 Å². The molecule has 0 aromatic heterocycles. The van der Waals surface area contributed by atoms with Crippen LogP contribution in [0.1, 0.15) is 24.2 Å². The van der Waals surface area contributed by atoms with Gasteiger partial charge in [-0.2, -0.15) is 0 Å². The number of piperazine rings is 1. The number of benzene rings is 1. The first kappa shape index (κ1) is 16.8. The number of nitro benzene ring substituents is 1. The van der Waals surface area contributed by atoms with Crippen LogP contribution in [0.25, 0.3) is 0 Å². The predicted molar refractivity (Wildman–Crippen MR) is 94.5 cm³/mol. The molecule has 0 saturated carbocycles. The van der Waals surface area contributed by atoms with E-state index in [2.05, 4.69) is 23.7 Å². The van der Waals surface area contributed by atoms with Gasteiger partial charge in [-0.1, -0.05) is 17.8 Å². The minimum absolute atomic E-state index is 0.0570. The summed E-state index contributed by atoms with van der Waals surface area (Å²) in [5, 5.41) is 11.9. The van der Waals surface area contributed by atoms with Gasteiger partial charge in [0.25, 0.3) is 11.6 Å². The lowest BCUT2D eigenvalue weighted by Gasteiger charge is -2.36. The molecular weight excluding hydrogens is 328 g/mol. The zero-order valence-corrected chi connectivity index (χ0v) is 14.6. The first-order valence-corrected chi connectivity index (χ1v) is 8.69. The van der Waals surface area contributed by atoms with Gasteiger partial charge in [-0.15, -0.1) is 0 Å². The van der Waals surface area contributed by atoms with E-state index in [4.69, 9.17) is 0 Å². The number of hydrogen-bond donors (Lipinski definition) is 0. The zero-order valence-electron chi connectivity index (χ0n) is 13.8. The van der Waals surface area contributed by atoms with Crippen LogP contribution in [0, 0.1) is 10.1 Å². The number of non-ortho nitro benzene ring substituents is 1. The van der Waals surface area contributed by atoms with E-state index in [0.717, 1.165) is 24.8 Å². The Labute approximate surface area is 144 Å². The molecule has 2 aliphatic rings. The van der Waals surface area contributed by atoms with Crippen molar-refractivity contribution in [3.63, 3.8) is 0 Å². The summed E-state index contributed by atoms with van der Waals surface area (Å²) in [4.78, 5) is 31.5. The molecule has 0 unspecified atom stereocenters. The number of carbonyl (C=O) groups is 1. The van der Waals surface area contributed by atoms with Gasteiger partial charge in [-0.3, -0.25) is 19.9 Å². The molecule has 0 bridgehead atoms. The van der Waals surface area contributed by atoms with Crippen molar-refractivity contribution in [2.75, 3.05) is 32.7 Å². The second kappa shape index (κ2) is 6.43. The van der Waals surface area contributed by atoms with Crippen molar-refractivity contribution in [3.05, 3.63) is 39.9 Å². The van der Waals surface area contributed by atoms with Crippen molar-refractivity contribution >= 4 is 28.5 Å². The predicted octanol–water partition coefficient (Wildman–Crippen LogP) is 2.23. The van der Waals surface area contributed by atoms with Crippen molar-refractivity contribution in [1.82, 2.24) is 9.80 Å². The van der Waals surface area contributed by atoms with Crippen LogP contribution in [0.4, 0.5) is 5.69 Å². The molecule has 1 fully saturated rings. The summed E-state index contributed by atoms with van der Waals surface area (Å²) in [6.07, 6.45) is 0. The van der Waals surface area contributed by atoms with E-state index in [1.54, 1.807) is 28.8 Å². The fourth-order valence-electron chi connectivity index (χ4n) is 2.77. The van der Waals surface area contributed by atoms with E-state index in [-0.39, 0.29) is 16.3 Å². The lowest BCUT2D eigenvalue weighted by molar-refractivity contribution is -0.384. The summed E-state index contributed by atoms with van der Waals surface area (Å²) < 4.78 is 0.144. The van der Waals surface area contributed by atoms with Crippen LogP contribution < -0.4 is 0 Å². The average molecular weight is 348 g/mol. The van der Waals surface area contributed by atoms with Crippen LogP contribution in [0.15, 0.2) is 29.3 Å². The van der Waals surface area contributed by atoms with E-state index in [0.29, 0.717) is 18.7 Å². The van der Waals surface area contributed by atoms with E-state index in [1.165, 1.54) is 12.1 Å². The summed E-state index contributed by atoms with van der Waals surface area (Å²) in [5.74, 6) is -0.153. The minimum atomic E-state index is -0.480. The Morgan fingerprint density at radius 1 is 1.29 bits per heavy atom. The van der Waals surface area contributed by atoms with E-state index in [1.807, 2.05) is 0 Å². The Bertz CT molecular complexity index is 696. The molecule has 3 rings (SSSR count). The van der Waals surface area contributed by atoms with Gasteiger partial charge in [0.05, 0.1) is 11.5 Å². The van der Waals surface area contributed by atoms with Gasteiger partial charge < -0.3 is 9.80 Å². The molecule has 0 N–H and O–H groups in total. The number of thioether (sulfide) groups is 1. The first-order valence-electron chi connectivity index (χ1n) is 7.88. The highest BCUT2D eigenvalue weighted by atomic mass is 32.2. The van der Waals surface area contributed by atoms with E-state index in [9.17, 15) is 14.9 Å². The Balaban J connectivity index is 1.61. The Morgan fingerprint density at radius 2 is 2.00 bits per heavy atom. The van der Waals surface area contributed by atoms with Crippen LogP contribution in [0.3, 0.4) is 0 Å². The number of amides is 1. The van der Waals surface area contributed by atoms with Crippen molar-refractivity contribution < 1.29 is 9.72 Å². The van der Waals surface area contributed by atoms with Gasteiger partial charge in [0, 0.05) is 48.6 Å². The highest BCUT2D eigenvalue weighted by Crippen LogP contribution is 2.33. The molecule has 0 radical (unpaired) electrons. The topological polar surface area (TPSA) is 79.0 Å². The number of amidine groups is 1. The number of rotatable bonds is 2. The highest BCUT2D eigenvalue weighted by Gasteiger charge is 2.32. The van der Waals surface area contributed by atoms with Gasteiger partial charge in [-0.25, -0.2) is 0 Å². The van der Waals surface area contributed by atoms with Crippen molar-refractivity contribution in [2.45, 2.75) is 18.6 Å². The third kappa shape index (κ3) is 3.53. The maximum absolute atomic E-state index is 12.6. The van der Waals surface area contributed by atoms with Gasteiger partial charge in [0.2, 0.25) is 0 Å². The molecule has 0 spiro atoms. The van der Waals surface area contributed by atoms with Crippen molar-refractivity contribution in [3.8, 4) is 0 Å². The summed E-state index contributed by atoms with van der Waals surface area (Å²) in [6.45, 7) is 7.85. The Kier molecular flexibility index (Phi) is 4.49. The normalized spacial score (nSPS) is 20.0. The fourth-order valence-corrected chi connectivity index (χ4v) is 3.83. The molecule has 128 valence electrons. The minimum Gasteiger partial charge on any atom is -0.348 e. The molecule has 1 amide bonds. The molecule has 24 heavy (non-hydrogen) atoms. The summed E-state index contributed by atoms with van der Waals surface area (Å²) in [7, 11) is 0. The van der Waals surface area contributed by atoms with Gasteiger partial charge in [-0.05, 0) is 19.9 Å². The molecular formula is C16H20N4O3S. The molecule has 0 aliphatic carbocycles. The third-order valence-electron chi connectivity index (χ3n) is 4.10. The van der Waals surface area contributed by atoms with Crippen LogP contribution in [0.5, 0.6) is 0 Å². The van der Waals surface area contributed by atoms with Gasteiger partial charge in [0.15, 0.2) is 5.17 Å². The van der Waals surface area contributed by atoms with Gasteiger partial charge >= 0.3 is 0 Å². The second-order valence-corrected chi connectivity index (χ2v) is 8.22. The lowest BCUT2D eigenvalue weighted by Crippen LogP contribution is -2.50. The summed E-state index contributed by atoms with van der Waals surface area (Å²) >= 11 is 1.78. The lowest BCUT2D eigenvalue weighted by atomic mass is 10.1. The molecule has 7 nitrogen and oxygen atoms in total. The monoisotopic (exact) mass is 348 g/mol. The molecule has 1 saturated heterocycles. The Morgan fingerprint density at radius 3 is 2.58 bits per heavy atom. The average Bonchev–Trinajstić information content (AvgIpc) is 2.94.